The molecule has 0 fully saturated rings. The number of ketones is 1. The lowest BCUT2D eigenvalue weighted by molar-refractivity contribution is 0.0696. The third-order valence-electron chi connectivity index (χ3n) is 3.30. The van der Waals surface area contributed by atoms with Crippen LogP contribution in [0.3, 0.4) is 0 Å². The molecule has 2 aromatic rings. The van der Waals surface area contributed by atoms with Gasteiger partial charge in [0.2, 0.25) is 0 Å². The summed E-state index contributed by atoms with van der Waals surface area (Å²) >= 11 is 0. The largest absolute Gasteiger partial charge is 0.496 e. The molecule has 1 aromatic heterocycles. The number of benzene rings is 1. The molecule has 0 amide bonds. The van der Waals surface area contributed by atoms with Crippen molar-refractivity contribution in [3.8, 4) is 5.75 Å². The number of aromatic carboxylic acids is 1. The van der Waals surface area contributed by atoms with Gasteiger partial charge in [0.15, 0.2) is 5.78 Å². The second kappa shape index (κ2) is 6.85. The number of rotatable bonds is 6. The number of ether oxygens (including phenoxy) is 1. The number of para-hydroxylation sites is 1. The van der Waals surface area contributed by atoms with Gasteiger partial charge in [-0.3, -0.25) is 4.79 Å². The maximum absolute atomic E-state index is 11.8. The van der Waals surface area contributed by atoms with Gasteiger partial charge in [-0.1, -0.05) is 25.1 Å². The number of methoxy groups -OCH3 is 1. The van der Waals surface area contributed by atoms with Gasteiger partial charge >= 0.3 is 5.97 Å². The van der Waals surface area contributed by atoms with E-state index in [1.807, 2.05) is 24.3 Å². The maximum atomic E-state index is 11.8. The summed E-state index contributed by atoms with van der Waals surface area (Å²) in [5, 5.41) is 9.19. The zero-order valence-electron chi connectivity index (χ0n) is 12.5. The second-order valence-corrected chi connectivity index (χ2v) is 4.80. The van der Waals surface area contributed by atoms with Gasteiger partial charge < -0.3 is 9.84 Å². The Morgan fingerprint density at radius 1 is 1.23 bits per heavy atom. The SMILES string of the molecule is CCC(=O)c1cc(C(=O)O)cc(Cc2ccccc2OC)n1. The third-order valence-corrected chi connectivity index (χ3v) is 3.30. The summed E-state index contributed by atoms with van der Waals surface area (Å²) in [5.41, 5.74) is 1.67. The molecule has 0 saturated carbocycles. The molecule has 0 atom stereocenters. The fourth-order valence-corrected chi connectivity index (χ4v) is 2.17. The van der Waals surface area contributed by atoms with Gasteiger partial charge in [0.05, 0.1) is 12.7 Å². The number of carbonyl (C=O) groups excluding carboxylic acids is 1. The van der Waals surface area contributed by atoms with E-state index in [9.17, 15) is 14.7 Å². The zero-order valence-corrected chi connectivity index (χ0v) is 12.5. The van der Waals surface area contributed by atoms with Gasteiger partial charge in [-0.15, -0.1) is 0 Å². The minimum Gasteiger partial charge on any atom is -0.496 e. The summed E-state index contributed by atoms with van der Waals surface area (Å²) in [5.74, 6) is -0.549. The van der Waals surface area contributed by atoms with Crippen molar-refractivity contribution in [1.82, 2.24) is 4.98 Å². The smallest absolute Gasteiger partial charge is 0.335 e. The molecule has 0 spiro atoms. The molecule has 1 heterocycles. The summed E-state index contributed by atoms with van der Waals surface area (Å²) in [6.45, 7) is 1.72. The standard InChI is InChI=1S/C17H17NO4/c1-3-15(19)14-10-12(17(20)21)9-13(18-14)8-11-6-4-5-7-16(11)22-2/h4-7,9-10H,3,8H2,1-2H3,(H,20,21). The van der Waals surface area contributed by atoms with E-state index in [2.05, 4.69) is 4.98 Å². The van der Waals surface area contributed by atoms with Crippen LogP contribution in [0.25, 0.3) is 0 Å². The molecule has 0 radical (unpaired) electrons. The quantitative estimate of drug-likeness (QED) is 0.830. The van der Waals surface area contributed by atoms with Crippen LogP contribution < -0.4 is 4.74 Å². The highest BCUT2D eigenvalue weighted by molar-refractivity contribution is 5.97. The Bertz CT molecular complexity index is 710. The first kappa shape index (κ1) is 15.7. The van der Waals surface area contributed by atoms with Crippen molar-refractivity contribution in [2.24, 2.45) is 0 Å². The number of nitrogens with zero attached hydrogens (tertiary/aromatic N) is 1. The minimum absolute atomic E-state index is 0.0664. The molecule has 0 aliphatic rings. The average molecular weight is 299 g/mol. The zero-order chi connectivity index (χ0) is 16.1. The monoisotopic (exact) mass is 299 g/mol. The first-order chi connectivity index (χ1) is 10.5. The van der Waals surface area contributed by atoms with Crippen molar-refractivity contribution >= 4 is 11.8 Å². The summed E-state index contributed by atoms with van der Waals surface area (Å²) < 4.78 is 5.28. The van der Waals surface area contributed by atoms with Crippen LogP contribution in [-0.4, -0.2) is 29.0 Å². The van der Waals surface area contributed by atoms with Crippen LogP contribution >= 0.6 is 0 Å². The molecule has 5 heteroatoms. The fraction of sp³-hybridized carbons (Fsp3) is 0.235. The number of pyridine rings is 1. The summed E-state index contributed by atoms with van der Waals surface area (Å²) in [6.07, 6.45) is 0.680. The molecule has 0 aliphatic carbocycles. The summed E-state index contributed by atoms with van der Waals surface area (Å²) in [4.78, 5) is 27.4. The van der Waals surface area contributed by atoms with E-state index < -0.39 is 5.97 Å². The van der Waals surface area contributed by atoms with E-state index in [-0.39, 0.29) is 23.5 Å². The van der Waals surface area contributed by atoms with Crippen molar-refractivity contribution in [1.29, 1.82) is 0 Å². The van der Waals surface area contributed by atoms with Crippen molar-refractivity contribution in [3.05, 3.63) is 58.9 Å². The van der Waals surface area contributed by atoms with E-state index >= 15 is 0 Å². The second-order valence-electron chi connectivity index (χ2n) is 4.80. The molecule has 114 valence electrons. The lowest BCUT2D eigenvalue weighted by Gasteiger charge is -2.09. The van der Waals surface area contributed by atoms with Crippen LogP contribution in [-0.2, 0) is 6.42 Å². The Morgan fingerprint density at radius 2 is 1.95 bits per heavy atom. The van der Waals surface area contributed by atoms with Gasteiger partial charge in [-0.25, -0.2) is 9.78 Å². The van der Waals surface area contributed by atoms with Crippen molar-refractivity contribution in [2.75, 3.05) is 7.11 Å². The summed E-state index contributed by atoms with van der Waals surface area (Å²) in [6, 6.07) is 10.2. The Hall–Kier alpha value is -2.69. The van der Waals surface area contributed by atoms with Crippen LogP contribution in [0.4, 0.5) is 0 Å². The predicted octanol–water partition coefficient (Wildman–Crippen LogP) is 2.97. The van der Waals surface area contributed by atoms with Gasteiger partial charge in [0.25, 0.3) is 0 Å². The van der Waals surface area contributed by atoms with E-state index in [4.69, 9.17) is 4.74 Å². The van der Waals surface area contributed by atoms with Crippen LogP contribution in [0, 0.1) is 0 Å². The Kier molecular flexibility index (Phi) is 4.88. The lowest BCUT2D eigenvalue weighted by atomic mass is 10.0. The Labute approximate surface area is 128 Å². The summed E-state index contributed by atoms with van der Waals surface area (Å²) in [7, 11) is 1.58. The van der Waals surface area contributed by atoms with Crippen LogP contribution in [0.5, 0.6) is 5.75 Å². The van der Waals surface area contributed by atoms with Crippen LogP contribution in [0.15, 0.2) is 36.4 Å². The number of hydrogen-bond donors (Lipinski definition) is 1. The number of Topliss-reactive ketones (excluding diaryl/α,β-unsaturated/α-hetero) is 1. The maximum Gasteiger partial charge on any atom is 0.335 e. The number of carboxylic acid groups (broad SMARTS) is 1. The van der Waals surface area contributed by atoms with E-state index in [1.54, 1.807) is 14.0 Å². The molecular formula is C17H17NO4. The van der Waals surface area contributed by atoms with Crippen LogP contribution in [0.2, 0.25) is 0 Å². The number of aromatic nitrogens is 1. The highest BCUT2D eigenvalue weighted by Gasteiger charge is 2.14. The Balaban J connectivity index is 2.43. The van der Waals surface area contributed by atoms with Crippen molar-refractivity contribution in [3.63, 3.8) is 0 Å². The van der Waals surface area contributed by atoms with Gasteiger partial charge in [0.1, 0.15) is 11.4 Å². The molecule has 2 rings (SSSR count). The molecule has 0 saturated heterocycles. The molecule has 22 heavy (non-hydrogen) atoms. The third kappa shape index (κ3) is 3.49. The highest BCUT2D eigenvalue weighted by Crippen LogP contribution is 2.21. The predicted molar refractivity (Wildman–Crippen MR) is 81.6 cm³/mol. The van der Waals surface area contributed by atoms with Gasteiger partial charge in [-0.05, 0) is 18.2 Å². The Morgan fingerprint density at radius 3 is 2.59 bits per heavy atom. The molecular weight excluding hydrogens is 282 g/mol. The van der Waals surface area contributed by atoms with Crippen LogP contribution in [0.1, 0.15) is 45.4 Å². The minimum atomic E-state index is -1.08. The fourth-order valence-electron chi connectivity index (χ4n) is 2.17. The van der Waals surface area contributed by atoms with E-state index in [0.29, 0.717) is 17.9 Å². The number of hydrogen-bond acceptors (Lipinski definition) is 4. The lowest BCUT2D eigenvalue weighted by Crippen LogP contribution is -2.08. The molecule has 0 aliphatic heterocycles. The van der Waals surface area contributed by atoms with Crippen molar-refractivity contribution in [2.45, 2.75) is 19.8 Å². The first-order valence-electron chi connectivity index (χ1n) is 6.94. The first-order valence-corrected chi connectivity index (χ1v) is 6.94. The number of carboxylic acids is 1. The molecule has 0 bridgehead atoms. The van der Waals surface area contributed by atoms with Gasteiger partial charge in [-0.2, -0.15) is 0 Å². The molecule has 1 N–H and O–H groups in total. The molecule has 0 unspecified atom stereocenters. The van der Waals surface area contributed by atoms with E-state index in [1.165, 1.54) is 12.1 Å². The highest BCUT2D eigenvalue weighted by atomic mass is 16.5. The molecule has 1 aromatic carbocycles. The van der Waals surface area contributed by atoms with E-state index in [0.717, 1.165) is 5.56 Å². The topological polar surface area (TPSA) is 76.5 Å². The normalized spacial score (nSPS) is 10.3. The molecule has 5 nitrogen and oxygen atoms in total. The van der Waals surface area contributed by atoms with Gasteiger partial charge in [0, 0.05) is 24.1 Å². The number of carbonyl (C=O) groups is 2. The van der Waals surface area contributed by atoms with Crippen molar-refractivity contribution < 1.29 is 19.4 Å². The average Bonchev–Trinajstić information content (AvgIpc) is 2.54.